The molecule has 0 bridgehead atoms. The third-order valence-electron chi connectivity index (χ3n) is 2.97. The van der Waals surface area contributed by atoms with Gasteiger partial charge < -0.3 is 5.11 Å². The number of rotatable bonds is 4. The average Bonchev–Trinajstić information content (AvgIpc) is 2.80. The van der Waals surface area contributed by atoms with Gasteiger partial charge in [0.25, 0.3) is 0 Å². The van der Waals surface area contributed by atoms with Gasteiger partial charge in [-0.15, -0.1) is 11.3 Å². The van der Waals surface area contributed by atoms with E-state index in [1.807, 2.05) is 13.0 Å². The topological polar surface area (TPSA) is 20.2 Å². The van der Waals surface area contributed by atoms with Gasteiger partial charge in [-0.25, -0.2) is 4.39 Å². The molecule has 1 atom stereocenters. The molecule has 0 aliphatic heterocycles. The summed E-state index contributed by atoms with van der Waals surface area (Å²) in [6.45, 7) is 4.00. The predicted molar refractivity (Wildman–Crippen MR) is 73.5 cm³/mol. The lowest BCUT2D eigenvalue weighted by atomic mass is 10.0. The highest BCUT2D eigenvalue weighted by atomic mass is 32.1. The minimum atomic E-state index is -0.770. The van der Waals surface area contributed by atoms with Crippen LogP contribution in [0.15, 0.2) is 30.3 Å². The van der Waals surface area contributed by atoms with Gasteiger partial charge in [-0.1, -0.05) is 24.6 Å². The van der Waals surface area contributed by atoms with E-state index in [-0.39, 0.29) is 5.82 Å². The Morgan fingerprint density at radius 3 is 2.61 bits per heavy atom. The summed E-state index contributed by atoms with van der Waals surface area (Å²) in [6.07, 6.45) is 0.707. The van der Waals surface area contributed by atoms with E-state index in [4.69, 9.17) is 0 Å². The first-order valence-electron chi connectivity index (χ1n) is 6.12. The molecule has 1 heterocycles. The van der Waals surface area contributed by atoms with Crippen molar-refractivity contribution in [2.45, 2.75) is 32.8 Å². The van der Waals surface area contributed by atoms with Crippen molar-refractivity contribution in [1.29, 1.82) is 0 Å². The Kier molecular flexibility index (Phi) is 4.15. The molecule has 1 unspecified atom stereocenters. The Hall–Kier alpha value is -1.19. The van der Waals surface area contributed by atoms with E-state index >= 15 is 0 Å². The summed E-state index contributed by atoms with van der Waals surface area (Å²) < 4.78 is 13.6. The molecule has 1 nitrogen and oxygen atoms in total. The van der Waals surface area contributed by atoms with Gasteiger partial charge in [-0.2, -0.15) is 0 Å². The summed E-state index contributed by atoms with van der Waals surface area (Å²) in [5.74, 6) is -0.333. The van der Waals surface area contributed by atoms with Crippen molar-refractivity contribution < 1.29 is 9.50 Å². The van der Waals surface area contributed by atoms with Crippen LogP contribution in [-0.4, -0.2) is 5.11 Å². The Bertz CT molecular complexity index is 533. The van der Waals surface area contributed by atoms with Crippen LogP contribution in [0.25, 0.3) is 0 Å². The summed E-state index contributed by atoms with van der Waals surface area (Å²) in [5, 5.41) is 10.1. The van der Waals surface area contributed by atoms with Crippen LogP contribution in [0.3, 0.4) is 0 Å². The molecule has 1 aromatic heterocycles. The third-order valence-corrected chi connectivity index (χ3v) is 4.22. The van der Waals surface area contributed by atoms with Gasteiger partial charge in [0.15, 0.2) is 0 Å². The first kappa shape index (κ1) is 13.2. The molecule has 0 aliphatic carbocycles. The van der Waals surface area contributed by atoms with E-state index in [9.17, 15) is 9.50 Å². The summed E-state index contributed by atoms with van der Waals surface area (Å²) in [4.78, 5) is 2.39. The van der Waals surface area contributed by atoms with E-state index < -0.39 is 6.10 Å². The fraction of sp³-hybridized carbons (Fsp3) is 0.333. The molecule has 0 fully saturated rings. The SMILES string of the molecule is CCc1ccc(CC(O)c2cc(C)ccc2F)s1. The minimum absolute atomic E-state index is 0.333. The quantitative estimate of drug-likeness (QED) is 0.883. The van der Waals surface area contributed by atoms with Gasteiger partial charge in [0.1, 0.15) is 5.82 Å². The zero-order valence-electron chi connectivity index (χ0n) is 10.6. The minimum Gasteiger partial charge on any atom is -0.388 e. The maximum Gasteiger partial charge on any atom is 0.129 e. The number of thiophene rings is 1. The number of halogens is 1. The van der Waals surface area contributed by atoms with Gasteiger partial charge in [0, 0.05) is 21.7 Å². The standard InChI is InChI=1S/C15H17FOS/c1-3-11-5-6-12(18-11)9-15(17)13-8-10(2)4-7-14(13)16/h4-8,15,17H,3,9H2,1-2H3. The van der Waals surface area contributed by atoms with Crippen LogP contribution in [0.2, 0.25) is 0 Å². The number of hydrogen-bond donors (Lipinski definition) is 1. The molecule has 0 aliphatic rings. The predicted octanol–water partition coefficient (Wildman–Crippen LogP) is 4.03. The molecule has 0 radical (unpaired) electrons. The van der Waals surface area contributed by atoms with Gasteiger partial charge in [-0.05, 0) is 31.5 Å². The van der Waals surface area contributed by atoms with Crippen LogP contribution in [0.4, 0.5) is 4.39 Å². The second-order valence-corrected chi connectivity index (χ2v) is 5.72. The summed E-state index contributed by atoms with van der Waals surface area (Å²) in [6, 6.07) is 8.93. The van der Waals surface area contributed by atoms with Crippen molar-refractivity contribution in [3.8, 4) is 0 Å². The van der Waals surface area contributed by atoms with Crippen LogP contribution in [0, 0.1) is 12.7 Å². The molecular weight excluding hydrogens is 247 g/mol. The zero-order chi connectivity index (χ0) is 13.1. The van der Waals surface area contributed by atoms with Crippen molar-refractivity contribution >= 4 is 11.3 Å². The molecule has 2 aromatic rings. The number of aliphatic hydroxyl groups is 1. The molecule has 18 heavy (non-hydrogen) atoms. The second kappa shape index (κ2) is 5.63. The molecule has 0 spiro atoms. The first-order chi connectivity index (χ1) is 8.60. The normalized spacial score (nSPS) is 12.7. The monoisotopic (exact) mass is 264 g/mol. The highest BCUT2D eigenvalue weighted by Gasteiger charge is 2.14. The number of aliphatic hydroxyl groups excluding tert-OH is 1. The van der Waals surface area contributed by atoms with E-state index in [2.05, 4.69) is 13.0 Å². The van der Waals surface area contributed by atoms with E-state index in [1.54, 1.807) is 23.5 Å². The molecule has 0 saturated carbocycles. The smallest absolute Gasteiger partial charge is 0.129 e. The Morgan fingerprint density at radius 1 is 1.22 bits per heavy atom. The maximum absolute atomic E-state index is 13.6. The Labute approximate surface area is 111 Å². The molecule has 2 rings (SSSR count). The lowest BCUT2D eigenvalue weighted by Gasteiger charge is -2.11. The van der Waals surface area contributed by atoms with Crippen LogP contribution in [0.5, 0.6) is 0 Å². The van der Waals surface area contributed by atoms with Crippen molar-refractivity contribution in [2.75, 3.05) is 0 Å². The fourth-order valence-electron chi connectivity index (χ4n) is 1.94. The largest absolute Gasteiger partial charge is 0.388 e. The van der Waals surface area contributed by atoms with Crippen molar-refractivity contribution in [2.24, 2.45) is 0 Å². The molecule has 1 N–H and O–H groups in total. The van der Waals surface area contributed by atoms with Gasteiger partial charge in [0.2, 0.25) is 0 Å². The van der Waals surface area contributed by atoms with E-state index in [1.165, 1.54) is 10.9 Å². The molecule has 1 aromatic carbocycles. The van der Waals surface area contributed by atoms with Crippen LogP contribution >= 0.6 is 11.3 Å². The fourth-order valence-corrected chi connectivity index (χ4v) is 2.94. The number of benzene rings is 1. The first-order valence-corrected chi connectivity index (χ1v) is 6.93. The highest BCUT2D eigenvalue weighted by Crippen LogP contribution is 2.26. The molecule has 0 amide bonds. The van der Waals surface area contributed by atoms with Gasteiger partial charge >= 0.3 is 0 Å². The summed E-state index contributed by atoms with van der Waals surface area (Å²) in [5.41, 5.74) is 1.35. The lowest BCUT2D eigenvalue weighted by molar-refractivity contribution is 0.174. The zero-order valence-corrected chi connectivity index (χ0v) is 11.4. The van der Waals surface area contributed by atoms with Crippen molar-refractivity contribution in [1.82, 2.24) is 0 Å². The Morgan fingerprint density at radius 2 is 1.94 bits per heavy atom. The van der Waals surface area contributed by atoms with E-state index in [0.29, 0.717) is 12.0 Å². The molecular formula is C15H17FOS. The van der Waals surface area contributed by atoms with Crippen LogP contribution in [0.1, 0.15) is 33.9 Å². The molecule has 3 heteroatoms. The van der Waals surface area contributed by atoms with Crippen LogP contribution < -0.4 is 0 Å². The maximum atomic E-state index is 13.6. The van der Waals surface area contributed by atoms with Crippen molar-refractivity contribution in [3.05, 3.63) is 57.0 Å². The van der Waals surface area contributed by atoms with E-state index in [0.717, 1.165) is 16.9 Å². The number of aryl methyl sites for hydroxylation is 2. The molecule has 0 saturated heterocycles. The highest BCUT2D eigenvalue weighted by molar-refractivity contribution is 7.11. The summed E-state index contributed by atoms with van der Waals surface area (Å²) >= 11 is 1.68. The lowest BCUT2D eigenvalue weighted by Crippen LogP contribution is -2.03. The second-order valence-electron chi connectivity index (χ2n) is 4.47. The molecule has 96 valence electrons. The third kappa shape index (κ3) is 2.98. The van der Waals surface area contributed by atoms with Crippen LogP contribution in [-0.2, 0) is 12.8 Å². The van der Waals surface area contributed by atoms with Gasteiger partial charge in [0.05, 0.1) is 6.10 Å². The van der Waals surface area contributed by atoms with Crippen molar-refractivity contribution in [3.63, 3.8) is 0 Å². The Balaban J connectivity index is 2.16. The van der Waals surface area contributed by atoms with Gasteiger partial charge in [-0.3, -0.25) is 0 Å². The summed E-state index contributed by atoms with van der Waals surface area (Å²) in [7, 11) is 0. The average molecular weight is 264 g/mol. The number of hydrogen-bond acceptors (Lipinski definition) is 2.